The van der Waals surface area contributed by atoms with Crippen LogP contribution in [-0.4, -0.2) is 61.7 Å². The van der Waals surface area contributed by atoms with Gasteiger partial charge in [0.1, 0.15) is 0 Å². The fraction of sp³-hybridized carbons (Fsp3) is 0.400. The minimum Gasteiger partial charge on any atom is -0.480 e. The summed E-state index contributed by atoms with van der Waals surface area (Å²) in [5.41, 5.74) is -1.58. The van der Waals surface area contributed by atoms with E-state index in [0.29, 0.717) is 12.1 Å². The zero-order valence-electron chi connectivity index (χ0n) is 15.1. The summed E-state index contributed by atoms with van der Waals surface area (Å²) in [4.78, 5) is 45.1. The largest absolute Gasteiger partial charge is 0.480 e. The number of methoxy groups -OCH3 is 2. The van der Waals surface area contributed by atoms with E-state index in [0.717, 1.165) is 20.3 Å². The summed E-state index contributed by atoms with van der Waals surface area (Å²) >= 11 is 0. The lowest BCUT2D eigenvalue weighted by atomic mass is 10.1. The van der Waals surface area contributed by atoms with Crippen LogP contribution in [0.2, 0.25) is 0 Å². The van der Waals surface area contributed by atoms with Crippen LogP contribution in [0.1, 0.15) is 10.4 Å². The molecule has 1 amide bonds. The van der Waals surface area contributed by atoms with Gasteiger partial charge in [-0.25, -0.2) is 9.59 Å². The summed E-state index contributed by atoms with van der Waals surface area (Å²) < 4.78 is 75.7. The smallest absolute Gasteiger partial charge is 0.456 e. The van der Waals surface area contributed by atoms with Crippen molar-refractivity contribution in [2.24, 2.45) is 0 Å². The number of alkyl halides is 5. The molecular weight excluding hydrogens is 431 g/mol. The number of nitro benzene ring substituents is 1. The fourth-order valence-corrected chi connectivity index (χ4v) is 1.84. The van der Waals surface area contributed by atoms with Crippen LogP contribution in [0.15, 0.2) is 18.2 Å². The van der Waals surface area contributed by atoms with Crippen molar-refractivity contribution in [3.05, 3.63) is 33.9 Å². The minimum atomic E-state index is -5.98. The second-order valence-corrected chi connectivity index (χ2v) is 5.38. The molecule has 15 heteroatoms. The number of esters is 2. The number of nitro groups is 1. The zero-order valence-corrected chi connectivity index (χ0v) is 15.1. The van der Waals surface area contributed by atoms with Gasteiger partial charge in [0.15, 0.2) is 12.4 Å². The molecule has 166 valence electrons. The number of benzene rings is 1. The molecule has 0 aromatic heterocycles. The second-order valence-electron chi connectivity index (χ2n) is 5.38. The zero-order chi connectivity index (χ0) is 23.3. The van der Waals surface area contributed by atoms with Gasteiger partial charge >= 0.3 is 29.7 Å². The van der Waals surface area contributed by atoms with Crippen LogP contribution in [0, 0.1) is 10.1 Å². The molecule has 1 N–H and O–H groups in total. The van der Waals surface area contributed by atoms with Crippen LogP contribution in [0.3, 0.4) is 0 Å². The van der Waals surface area contributed by atoms with Crippen molar-refractivity contribution in [2.75, 3.05) is 20.8 Å². The average molecular weight is 444 g/mol. The van der Waals surface area contributed by atoms with E-state index in [-0.39, 0.29) is 0 Å². The number of carbonyl (C=O) groups excluding carboxylic acids is 3. The van der Waals surface area contributed by atoms with Gasteiger partial charge in [-0.2, -0.15) is 22.0 Å². The van der Waals surface area contributed by atoms with Crippen molar-refractivity contribution in [3.8, 4) is 5.75 Å². The van der Waals surface area contributed by atoms with Gasteiger partial charge in [0.25, 0.3) is 5.91 Å². The summed E-state index contributed by atoms with van der Waals surface area (Å²) in [7, 11) is 1.78. The number of ether oxygens (including phenoxy) is 3. The molecule has 1 aromatic rings. The van der Waals surface area contributed by atoms with Crippen molar-refractivity contribution in [1.29, 1.82) is 0 Å². The second kappa shape index (κ2) is 9.32. The van der Waals surface area contributed by atoms with Gasteiger partial charge in [-0.3, -0.25) is 14.9 Å². The Bertz CT molecular complexity index is 827. The predicted octanol–water partition coefficient (Wildman–Crippen LogP) is 1.62. The quantitative estimate of drug-likeness (QED) is 0.210. The normalized spacial score (nSPS) is 11.6. The van der Waals surface area contributed by atoms with Crippen LogP contribution in [0.5, 0.6) is 5.75 Å². The topological polar surface area (TPSA) is 134 Å². The Morgan fingerprint density at radius 3 is 2.07 bits per heavy atom. The molecule has 0 atom stereocenters. The molecule has 0 aliphatic heterocycles. The monoisotopic (exact) mass is 444 g/mol. The lowest BCUT2D eigenvalue weighted by Gasteiger charge is -2.20. The van der Waals surface area contributed by atoms with Crippen LogP contribution >= 0.6 is 0 Å². The van der Waals surface area contributed by atoms with Gasteiger partial charge in [-0.15, -0.1) is 0 Å². The van der Waals surface area contributed by atoms with E-state index in [1.165, 1.54) is 0 Å². The Labute approximate surface area is 164 Å². The molecule has 0 aliphatic rings. The lowest BCUT2D eigenvalue weighted by molar-refractivity contribution is -0.386. The third-order valence-electron chi connectivity index (χ3n) is 3.39. The lowest BCUT2D eigenvalue weighted by Crippen LogP contribution is -2.47. The Kier molecular flexibility index (Phi) is 7.62. The molecule has 0 saturated heterocycles. The standard InChI is InChI=1S/C15H13F5N2O8/c1-28-12(24)10(13(25)29-2)21-11(23)7-3-4-8(22(26)27)9(5-7)30-6-14(16,17)15(18,19)20/h3-5,10H,6H2,1-2H3,(H,21,23). The predicted molar refractivity (Wildman–Crippen MR) is 84.9 cm³/mol. The molecule has 0 bridgehead atoms. The first-order valence-corrected chi connectivity index (χ1v) is 7.57. The van der Waals surface area contributed by atoms with Gasteiger partial charge in [0, 0.05) is 17.7 Å². The maximum Gasteiger partial charge on any atom is 0.456 e. The molecule has 0 radical (unpaired) electrons. The molecule has 0 aliphatic carbocycles. The molecule has 1 rings (SSSR count). The van der Waals surface area contributed by atoms with E-state index in [2.05, 4.69) is 14.2 Å². The van der Waals surface area contributed by atoms with Gasteiger partial charge < -0.3 is 19.5 Å². The SMILES string of the molecule is COC(=O)C(NC(=O)c1ccc([N+](=O)[O-])c(OCC(F)(F)C(F)(F)F)c1)C(=O)OC. The van der Waals surface area contributed by atoms with Gasteiger partial charge in [-0.1, -0.05) is 0 Å². The highest BCUT2D eigenvalue weighted by molar-refractivity contribution is 6.05. The summed E-state index contributed by atoms with van der Waals surface area (Å²) in [5.74, 6) is -10.1. The molecule has 0 heterocycles. The van der Waals surface area contributed by atoms with E-state index in [1.54, 1.807) is 0 Å². The molecule has 10 nitrogen and oxygen atoms in total. The maximum atomic E-state index is 13.0. The van der Waals surface area contributed by atoms with Crippen molar-refractivity contribution in [1.82, 2.24) is 5.32 Å². The summed E-state index contributed by atoms with van der Waals surface area (Å²) in [6.07, 6.45) is -5.98. The Hall–Kier alpha value is -3.52. The molecule has 0 saturated carbocycles. The highest BCUT2D eigenvalue weighted by Gasteiger charge is 2.58. The molecule has 30 heavy (non-hydrogen) atoms. The molecule has 0 spiro atoms. The van der Waals surface area contributed by atoms with Gasteiger partial charge in [0.05, 0.1) is 19.1 Å². The molecule has 1 aromatic carbocycles. The van der Waals surface area contributed by atoms with Crippen molar-refractivity contribution >= 4 is 23.5 Å². The number of carbonyl (C=O) groups is 3. The number of nitrogens with zero attached hydrogens (tertiary/aromatic N) is 1. The average Bonchev–Trinajstić information content (AvgIpc) is 2.67. The van der Waals surface area contributed by atoms with Crippen LogP contribution < -0.4 is 10.1 Å². The van der Waals surface area contributed by atoms with Crippen LogP contribution in [0.4, 0.5) is 27.6 Å². The van der Waals surface area contributed by atoms with E-state index in [1.807, 2.05) is 5.32 Å². The Morgan fingerprint density at radius 1 is 1.10 bits per heavy atom. The highest BCUT2D eigenvalue weighted by atomic mass is 19.4. The van der Waals surface area contributed by atoms with Crippen LogP contribution in [-0.2, 0) is 19.1 Å². The minimum absolute atomic E-state index is 0.492. The summed E-state index contributed by atoms with van der Waals surface area (Å²) in [6, 6.07) is -0.0673. The summed E-state index contributed by atoms with van der Waals surface area (Å²) in [6.45, 7) is -2.30. The first-order chi connectivity index (χ1) is 13.7. The number of rotatable bonds is 8. The Morgan fingerprint density at radius 2 is 1.63 bits per heavy atom. The van der Waals surface area contributed by atoms with Gasteiger partial charge in [-0.05, 0) is 6.07 Å². The van der Waals surface area contributed by atoms with Crippen molar-refractivity contribution < 1.29 is 55.5 Å². The van der Waals surface area contributed by atoms with E-state index >= 15 is 0 Å². The number of amides is 1. The van der Waals surface area contributed by atoms with Gasteiger partial charge in [0.2, 0.25) is 6.04 Å². The third-order valence-corrected chi connectivity index (χ3v) is 3.39. The Balaban J connectivity index is 3.19. The van der Waals surface area contributed by atoms with Crippen LogP contribution in [0.25, 0.3) is 0 Å². The number of nitrogens with one attached hydrogen (secondary N) is 1. The molecule has 0 unspecified atom stereocenters. The first-order valence-electron chi connectivity index (χ1n) is 7.57. The number of hydrogen-bond donors (Lipinski definition) is 1. The third kappa shape index (κ3) is 5.74. The number of hydrogen-bond acceptors (Lipinski definition) is 8. The van der Waals surface area contributed by atoms with E-state index in [4.69, 9.17) is 0 Å². The first kappa shape index (κ1) is 24.5. The van der Waals surface area contributed by atoms with Crippen molar-refractivity contribution in [2.45, 2.75) is 18.1 Å². The number of halogens is 5. The molecular formula is C15H13F5N2O8. The maximum absolute atomic E-state index is 13.0. The van der Waals surface area contributed by atoms with E-state index in [9.17, 15) is 46.5 Å². The van der Waals surface area contributed by atoms with E-state index < -0.39 is 64.5 Å². The fourth-order valence-electron chi connectivity index (χ4n) is 1.84. The molecule has 0 fully saturated rings. The highest BCUT2D eigenvalue weighted by Crippen LogP contribution is 2.37. The van der Waals surface area contributed by atoms with Crippen molar-refractivity contribution in [3.63, 3.8) is 0 Å². The summed E-state index contributed by atoms with van der Waals surface area (Å²) in [5, 5.41) is 12.8.